The van der Waals surface area contributed by atoms with Gasteiger partial charge in [-0.1, -0.05) is 0 Å². The van der Waals surface area contributed by atoms with E-state index in [1.54, 1.807) is 0 Å². The molecule has 0 bridgehead atoms. The molecule has 1 aliphatic carbocycles. The van der Waals surface area contributed by atoms with Crippen LogP contribution in [-0.2, 0) is 4.79 Å². The number of carbonyl (C=O) groups is 2. The van der Waals surface area contributed by atoms with Crippen LogP contribution in [-0.4, -0.2) is 35.6 Å². The molecule has 2 amide bonds. The zero-order valence-electron chi connectivity index (χ0n) is 9.04. The van der Waals surface area contributed by atoms with Gasteiger partial charge in [0.1, 0.15) is 0 Å². The second-order valence-electron chi connectivity index (χ2n) is 3.98. The predicted molar refractivity (Wildman–Crippen MR) is 60.6 cm³/mol. The topological polar surface area (TPSA) is 78.4 Å². The van der Waals surface area contributed by atoms with Crippen molar-refractivity contribution in [3.8, 4) is 0 Å². The number of alkyl halides is 1. The van der Waals surface area contributed by atoms with Gasteiger partial charge in [0.15, 0.2) is 0 Å². The van der Waals surface area contributed by atoms with Gasteiger partial charge in [-0.25, -0.2) is 4.79 Å². The smallest absolute Gasteiger partial charge is 0.315 e. The molecule has 6 heteroatoms. The second kappa shape index (κ2) is 6.58. The van der Waals surface area contributed by atoms with Crippen molar-refractivity contribution in [3.63, 3.8) is 0 Å². The summed E-state index contributed by atoms with van der Waals surface area (Å²) in [5, 5.41) is 14.2. The van der Waals surface area contributed by atoms with E-state index in [0.717, 1.165) is 12.8 Å². The van der Waals surface area contributed by atoms with Gasteiger partial charge in [-0.3, -0.25) is 4.79 Å². The molecule has 0 heterocycles. The van der Waals surface area contributed by atoms with Gasteiger partial charge in [0, 0.05) is 18.5 Å². The average Bonchev–Trinajstić information content (AvgIpc) is 2.27. The van der Waals surface area contributed by atoms with Gasteiger partial charge in [0.05, 0.1) is 5.92 Å². The summed E-state index contributed by atoms with van der Waals surface area (Å²) in [5.41, 5.74) is 0. The number of hydrogen-bond donors (Lipinski definition) is 3. The molecular formula is C10H17ClN2O3. The standard InChI is InChI=1S/C10H17ClN2O3/c11-5-6-12-10(16)13-8-3-1-7(2-4-8)9(14)15/h7-8H,1-6H2,(H,14,15)(H2,12,13,16). The molecule has 0 atom stereocenters. The van der Waals surface area contributed by atoms with E-state index in [-0.39, 0.29) is 18.0 Å². The third-order valence-corrected chi connectivity index (χ3v) is 2.98. The third kappa shape index (κ3) is 4.26. The fourth-order valence-corrected chi connectivity index (χ4v) is 1.98. The molecule has 16 heavy (non-hydrogen) atoms. The van der Waals surface area contributed by atoms with E-state index in [0.29, 0.717) is 25.3 Å². The molecule has 1 aliphatic rings. The summed E-state index contributed by atoms with van der Waals surface area (Å²) in [5.74, 6) is -0.590. The van der Waals surface area contributed by atoms with E-state index in [1.807, 2.05) is 0 Å². The number of carboxylic acids is 1. The number of amides is 2. The molecule has 0 unspecified atom stereocenters. The van der Waals surface area contributed by atoms with Crippen LogP contribution in [0.5, 0.6) is 0 Å². The van der Waals surface area contributed by atoms with Crippen LogP contribution in [0, 0.1) is 5.92 Å². The Morgan fingerprint density at radius 3 is 2.38 bits per heavy atom. The van der Waals surface area contributed by atoms with Gasteiger partial charge in [-0.2, -0.15) is 0 Å². The number of carbonyl (C=O) groups excluding carboxylic acids is 1. The van der Waals surface area contributed by atoms with Crippen LogP contribution in [0.1, 0.15) is 25.7 Å². The molecule has 1 fully saturated rings. The highest BCUT2D eigenvalue weighted by Crippen LogP contribution is 2.24. The Balaban J connectivity index is 2.21. The van der Waals surface area contributed by atoms with Crippen LogP contribution in [0.25, 0.3) is 0 Å². The molecular weight excluding hydrogens is 232 g/mol. The fraction of sp³-hybridized carbons (Fsp3) is 0.800. The Hall–Kier alpha value is -0.970. The molecule has 1 saturated carbocycles. The lowest BCUT2D eigenvalue weighted by atomic mass is 9.86. The minimum absolute atomic E-state index is 0.0888. The van der Waals surface area contributed by atoms with E-state index in [2.05, 4.69) is 10.6 Å². The zero-order chi connectivity index (χ0) is 12.0. The lowest BCUT2D eigenvalue weighted by Gasteiger charge is -2.26. The molecule has 0 aliphatic heterocycles. The van der Waals surface area contributed by atoms with Crippen LogP contribution in [0.15, 0.2) is 0 Å². The Morgan fingerprint density at radius 2 is 1.88 bits per heavy atom. The van der Waals surface area contributed by atoms with Gasteiger partial charge in [-0.15, -0.1) is 11.6 Å². The molecule has 0 saturated heterocycles. The minimum atomic E-state index is -0.731. The molecule has 0 aromatic heterocycles. The zero-order valence-corrected chi connectivity index (χ0v) is 9.79. The molecule has 0 radical (unpaired) electrons. The Kier molecular flexibility index (Phi) is 5.38. The molecule has 3 N–H and O–H groups in total. The first-order chi connectivity index (χ1) is 7.63. The fourth-order valence-electron chi connectivity index (χ4n) is 1.88. The van der Waals surface area contributed by atoms with Crippen molar-refractivity contribution in [2.24, 2.45) is 5.92 Å². The maximum atomic E-state index is 11.3. The lowest BCUT2D eigenvalue weighted by molar-refractivity contribution is -0.142. The minimum Gasteiger partial charge on any atom is -0.481 e. The highest BCUT2D eigenvalue weighted by molar-refractivity contribution is 6.18. The van der Waals surface area contributed by atoms with Gasteiger partial charge < -0.3 is 15.7 Å². The number of urea groups is 1. The maximum absolute atomic E-state index is 11.3. The molecule has 5 nitrogen and oxygen atoms in total. The summed E-state index contributed by atoms with van der Waals surface area (Å²) in [6.07, 6.45) is 2.72. The van der Waals surface area contributed by atoms with Crippen molar-refractivity contribution >= 4 is 23.6 Å². The SMILES string of the molecule is O=C(NCCCl)NC1CCC(C(=O)O)CC1. The Morgan fingerprint density at radius 1 is 1.25 bits per heavy atom. The third-order valence-electron chi connectivity index (χ3n) is 2.79. The van der Waals surface area contributed by atoms with Gasteiger partial charge in [-0.05, 0) is 25.7 Å². The van der Waals surface area contributed by atoms with Gasteiger partial charge >= 0.3 is 12.0 Å². The molecule has 92 valence electrons. The molecule has 0 spiro atoms. The van der Waals surface area contributed by atoms with Crippen LogP contribution in [0.3, 0.4) is 0 Å². The van der Waals surface area contributed by atoms with E-state index in [4.69, 9.17) is 16.7 Å². The van der Waals surface area contributed by atoms with E-state index >= 15 is 0 Å². The quantitative estimate of drug-likeness (QED) is 0.654. The van der Waals surface area contributed by atoms with E-state index < -0.39 is 5.97 Å². The summed E-state index contributed by atoms with van der Waals surface area (Å²) in [6, 6.07) is -0.134. The summed E-state index contributed by atoms with van der Waals surface area (Å²) in [6.45, 7) is 0.442. The first kappa shape index (κ1) is 13.1. The van der Waals surface area contributed by atoms with Crippen molar-refractivity contribution in [3.05, 3.63) is 0 Å². The maximum Gasteiger partial charge on any atom is 0.315 e. The monoisotopic (exact) mass is 248 g/mol. The first-order valence-electron chi connectivity index (χ1n) is 5.46. The Bertz CT molecular complexity index is 252. The van der Waals surface area contributed by atoms with Crippen LogP contribution in [0.2, 0.25) is 0 Å². The number of rotatable bonds is 4. The number of hydrogen-bond acceptors (Lipinski definition) is 2. The summed E-state index contributed by atoms with van der Waals surface area (Å²) >= 11 is 5.43. The molecule has 1 rings (SSSR count). The van der Waals surface area contributed by atoms with E-state index in [9.17, 15) is 9.59 Å². The van der Waals surface area contributed by atoms with Crippen molar-refractivity contribution in [1.29, 1.82) is 0 Å². The number of aliphatic carboxylic acids is 1. The number of carboxylic acid groups (broad SMARTS) is 1. The van der Waals surface area contributed by atoms with Crippen molar-refractivity contribution < 1.29 is 14.7 Å². The molecule has 0 aromatic carbocycles. The largest absolute Gasteiger partial charge is 0.481 e. The van der Waals surface area contributed by atoms with Crippen LogP contribution in [0.4, 0.5) is 4.79 Å². The lowest BCUT2D eigenvalue weighted by Crippen LogP contribution is -2.44. The van der Waals surface area contributed by atoms with Crippen LogP contribution < -0.4 is 10.6 Å². The second-order valence-corrected chi connectivity index (χ2v) is 4.35. The van der Waals surface area contributed by atoms with Gasteiger partial charge in [0.25, 0.3) is 0 Å². The summed E-state index contributed by atoms with van der Waals surface area (Å²) < 4.78 is 0. The van der Waals surface area contributed by atoms with Crippen molar-refractivity contribution in [2.45, 2.75) is 31.7 Å². The highest BCUT2D eigenvalue weighted by atomic mass is 35.5. The van der Waals surface area contributed by atoms with Crippen molar-refractivity contribution in [1.82, 2.24) is 10.6 Å². The normalized spacial score (nSPS) is 24.8. The average molecular weight is 249 g/mol. The highest BCUT2D eigenvalue weighted by Gasteiger charge is 2.26. The van der Waals surface area contributed by atoms with E-state index in [1.165, 1.54) is 0 Å². The number of halogens is 1. The van der Waals surface area contributed by atoms with Gasteiger partial charge in [0.2, 0.25) is 0 Å². The first-order valence-corrected chi connectivity index (χ1v) is 6.00. The number of nitrogens with one attached hydrogen (secondary N) is 2. The predicted octanol–water partition coefficient (Wildman–Crippen LogP) is 1.17. The summed E-state index contributed by atoms with van der Waals surface area (Å²) in [4.78, 5) is 22.0. The van der Waals surface area contributed by atoms with Crippen LogP contribution >= 0.6 is 11.6 Å². The summed E-state index contributed by atoms with van der Waals surface area (Å²) in [7, 11) is 0. The molecule has 0 aromatic rings. The van der Waals surface area contributed by atoms with Crippen molar-refractivity contribution in [2.75, 3.05) is 12.4 Å². The Labute approximate surface area is 99.5 Å².